The van der Waals surface area contributed by atoms with Gasteiger partial charge in [-0.25, -0.2) is 0 Å². The molecular weight excluding hydrogens is 334 g/mol. The highest BCUT2D eigenvalue weighted by Gasteiger charge is 2.39. The molecule has 1 atom stereocenters. The molecular formula is C24H23NO2. The maximum atomic E-state index is 12.1. The lowest BCUT2D eigenvalue weighted by Gasteiger charge is -2.31. The first kappa shape index (κ1) is 17.5. The molecule has 0 spiro atoms. The van der Waals surface area contributed by atoms with E-state index in [4.69, 9.17) is 0 Å². The van der Waals surface area contributed by atoms with Crippen LogP contribution in [-0.2, 0) is 5.60 Å². The third-order valence-electron chi connectivity index (χ3n) is 5.21. The van der Waals surface area contributed by atoms with Crippen molar-refractivity contribution in [1.29, 1.82) is 0 Å². The average Bonchev–Trinajstić information content (AvgIpc) is 3.14. The van der Waals surface area contributed by atoms with Gasteiger partial charge in [-0.05, 0) is 23.6 Å². The Kier molecular flexibility index (Phi) is 4.56. The number of nitrogens with one attached hydrogen (secondary N) is 1. The number of hydrogen-bond donors (Lipinski definition) is 3. The molecule has 0 saturated carbocycles. The summed E-state index contributed by atoms with van der Waals surface area (Å²) in [6, 6.07) is 27.1. The van der Waals surface area contributed by atoms with Crippen LogP contribution in [0.4, 0.5) is 0 Å². The fraction of sp³-hybridized carbons (Fsp3) is 0.167. The van der Waals surface area contributed by atoms with Crippen molar-refractivity contribution in [2.75, 3.05) is 0 Å². The Morgan fingerprint density at radius 3 is 1.89 bits per heavy atom. The molecule has 1 unspecified atom stereocenters. The molecule has 0 saturated heterocycles. The highest BCUT2D eigenvalue weighted by Crippen LogP contribution is 2.42. The van der Waals surface area contributed by atoms with Gasteiger partial charge in [0.1, 0.15) is 0 Å². The molecule has 136 valence electrons. The molecule has 4 rings (SSSR count). The molecule has 3 heteroatoms. The van der Waals surface area contributed by atoms with Gasteiger partial charge in [0, 0.05) is 16.5 Å². The van der Waals surface area contributed by atoms with Gasteiger partial charge in [-0.15, -0.1) is 0 Å². The van der Waals surface area contributed by atoms with Crippen LogP contribution < -0.4 is 0 Å². The van der Waals surface area contributed by atoms with Gasteiger partial charge >= 0.3 is 0 Å². The van der Waals surface area contributed by atoms with Gasteiger partial charge in [0.15, 0.2) is 5.60 Å². The number of H-pyrrole nitrogens is 1. The number of aliphatic hydroxyl groups excluding tert-OH is 1. The van der Waals surface area contributed by atoms with Gasteiger partial charge in [0.2, 0.25) is 0 Å². The van der Waals surface area contributed by atoms with Crippen LogP contribution in [-0.4, -0.2) is 15.2 Å². The largest absolute Gasteiger partial charge is 0.388 e. The van der Waals surface area contributed by atoms with E-state index in [9.17, 15) is 10.2 Å². The predicted octanol–water partition coefficient (Wildman–Crippen LogP) is 4.90. The third-order valence-corrected chi connectivity index (χ3v) is 5.21. The summed E-state index contributed by atoms with van der Waals surface area (Å²) in [5.74, 6) is 0. The summed E-state index contributed by atoms with van der Waals surface area (Å²) in [5.41, 5.74) is 2.39. The van der Waals surface area contributed by atoms with Crippen LogP contribution in [0, 0.1) is 0 Å². The zero-order chi connectivity index (χ0) is 18.9. The molecule has 0 fully saturated rings. The van der Waals surface area contributed by atoms with E-state index in [0.717, 1.165) is 27.6 Å². The first-order valence-corrected chi connectivity index (χ1v) is 9.28. The highest BCUT2D eigenvalue weighted by atomic mass is 16.3. The summed E-state index contributed by atoms with van der Waals surface area (Å²) >= 11 is 0. The monoisotopic (exact) mass is 357 g/mol. The maximum Gasteiger partial charge on any atom is 0.155 e. The Labute approximate surface area is 158 Å². The summed E-state index contributed by atoms with van der Waals surface area (Å²) in [6.45, 7) is 1.94. The summed E-state index contributed by atoms with van der Waals surface area (Å²) < 4.78 is 0. The van der Waals surface area contributed by atoms with Crippen molar-refractivity contribution in [3.8, 4) is 0 Å². The molecule has 3 N–H and O–H groups in total. The molecule has 0 aliphatic rings. The highest BCUT2D eigenvalue weighted by molar-refractivity contribution is 5.86. The molecule has 3 nitrogen and oxygen atoms in total. The number of benzene rings is 3. The number of para-hydroxylation sites is 1. The molecule has 0 radical (unpaired) electrons. The van der Waals surface area contributed by atoms with E-state index < -0.39 is 11.7 Å². The van der Waals surface area contributed by atoms with Crippen LogP contribution in [0.2, 0.25) is 0 Å². The number of hydrogen-bond acceptors (Lipinski definition) is 2. The Morgan fingerprint density at radius 2 is 1.33 bits per heavy atom. The number of aromatic nitrogens is 1. The predicted molar refractivity (Wildman–Crippen MR) is 109 cm³/mol. The van der Waals surface area contributed by atoms with Crippen molar-refractivity contribution in [3.05, 3.63) is 107 Å². The second kappa shape index (κ2) is 7.03. The molecule has 3 aromatic carbocycles. The van der Waals surface area contributed by atoms with Crippen LogP contribution in [0.1, 0.15) is 41.8 Å². The van der Waals surface area contributed by atoms with Crippen LogP contribution >= 0.6 is 0 Å². The minimum Gasteiger partial charge on any atom is -0.388 e. The average molecular weight is 357 g/mol. The molecule has 27 heavy (non-hydrogen) atoms. The summed E-state index contributed by atoms with van der Waals surface area (Å²) in [5, 5.41) is 23.9. The van der Waals surface area contributed by atoms with Crippen molar-refractivity contribution in [1.82, 2.24) is 4.98 Å². The Bertz CT molecular complexity index is 998. The van der Waals surface area contributed by atoms with E-state index in [1.54, 1.807) is 0 Å². The smallest absolute Gasteiger partial charge is 0.155 e. The quantitative estimate of drug-likeness (QED) is 0.476. The zero-order valence-electron chi connectivity index (χ0n) is 15.3. The molecule has 0 amide bonds. The summed E-state index contributed by atoms with van der Waals surface area (Å²) in [7, 11) is 0. The van der Waals surface area contributed by atoms with Crippen LogP contribution in [0.3, 0.4) is 0 Å². The van der Waals surface area contributed by atoms with E-state index in [2.05, 4.69) is 4.98 Å². The number of aliphatic hydroxyl groups is 2. The van der Waals surface area contributed by atoms with Crippen molar-refractivity contribution < 1.29 is 10.2 Å². The topological polar surface area (TPSA) is 56.2 Å². The molecule has 1 heterocycles. The normalized spacial score (nSPS) is 13.0. The number of aromatic amines is 1. The van der Waals surface area contributed by atoms with Crippen molar-refractivity contribution >= 4 is 10.9 Å². The second-order valence-corrected chi connectivity index (χ2v) is 6.83. The molecule has 4 aromatic rings. The minimum atomic E-state index is -1.40. The Hall–Kier alpha value is -2.88. The van der Waals surface area contributed by atoms with E-state index in [1.165, 1.54) is 0 Å². The fourth-order valence-electron chi connectivity index (χ4n) is 3.81. The Morgan fingerprint density at radius 1 is 0.815 bits per heavy atom. The van der Waals surface area contributed by atoms with Crippen molar-refractivity contribution in [3.63, 3.8) is 0 Å². The van der Waals surface area contributed by atoms with Crippen LogP contribution in [0.15, 0.2) is 84.9 Å². The van der Waals surface area contributed by atoms with Crippen LogP contribution in [0.25, 0.3) is 10.9 Å². The molecule has 0 bridgehead atoms. The lowest BCUT2D eigenvalue weighted by Crippen LogP contribution is -2.31. The maximum absolute atomic E-state index is 12.1. The summed E-state index contributed by atoms with van der Waals surface area (Å²) in [4.78, 5) is 3.41. The minimum absolute atomic E-state index is 0.564. The van der Waals surface area contributed by atoms with Gasteiger partial charge in [0.05, 0.1) is 11.8 Å². The van der Waals surface area contributed by atoms with Gasteiger partial charge in [-0.2, -0.15) is 0 Å². The SMILES string of the molecule is CCC(O)c1c(C(O)(c2ccccc2)c2ccccc2)[nH]c2ccccc12. The van der Waals surface area contributed by atoms with Gasteiger partial charge < -0.3 is 15.2 Å². The molecule has 0 aliphatic heterocycles. The van der Waals surface area contributed by atoms with Gasteiger partial charge in [-0.3, -0.25) is 0 Å². The first-order chi connectivity index (χ1) is 13.2. The Balaban J connectivity index is 2.08. The van der Waals surface area contributed by atoms with Crippen molar-refractivity contribution in [2.24, 2.45) is 0 Å². The first-order valence-electron chi connectivity index (χ1n) is 9.28. The lowest BCUT2D eigenvalue weighted by molar-refractivity contribution is 0.112. The molecule has 1 aromatic heterocycles. The lowest BCUT2D eigenvalue weighted by atomic mass is 9.80. The molecule has 0 aliphatic carbocycles. The third kappa shape index (κ3) is 2.85. The van der Waals surface area contributed by atoms with Crippen molar-refractivity contribution in [2.45, 2.75) is 25.0 Å². The number of rotatable bonds is 5. The van der Waals surface area contributed by atoms with Gasteiger partial charge in [0.25, 0.3) is 0 Å². The number of fused-ring (bicyclic) bond motifs is 1. The fourth-order valence-corrected chi connectivity index (χ4v) is 3.81. The summed E-state index contributed by atoms with van der Waals surface area (Å²) in [6.07, 6.45) is -0.107. The van der Waals surface area contributed by atoms with Crippen LogP contribution in [0.5, 0.6) is 0 Å². The standard InChI is InChI=1S/C24H23NO2/c1-2-21(26)22-19-15-9-10-16-20(19)25-23(22)24(27,17-11-5-3-6-12-17)18-13-7-4-8-14-18/h3-16,21,25-27H,2H2,1H3. The van der Waals surface area contributed by atoms with E-state index in [-0.39, 0.29) is 0 Å². The van der Waals surface area contributed by atoms with E-state index >= 15 is 0 Å². The zero-order valence-corrected chi connectivity index (χ0v) is 15.3. The van der Waals surface area contributed by atoms with E-state index in [0.29, 0.717) is 12.1 Å². The van der Waals surface area contributed by atoms with Gasteiger partial charge in [-0.1, -0.05) is 85.8 Å². The second-order valence-electron chi connectivity index (χ2n) is 6.83. The van der Waals surface area contributed by atoms with E-state index in [1.807, 2.05) is 91.9 Å².